The van der Waals surface area contributed by atoms with Gasteiger partial charge in [0.05, 0.1) is 9.21 Å². The van der Waals surface area contributed by atoms with E-state index in [0.717, 1.165) is 27.9 Å². The summed E-state index contributed by atoms with van der Waals surface area (Å²) in [6.07, 6.45) is 0.929. The third-order valence-electron chi connectivity index (χ3n) is 3.36. The number of halogens is 1. The number of aromatic nitrogens is 2. The van der Waals surface area contributed by atoms with Gasteiger partial charge in [0.2, 0.25) is 0 Å². The van der Waals surface area contributed by atoms with Crippen molar-refractivity contribution in [3.05, 3.63) is 28.2 Å². The summed E-state index contributed by atoms with van der Waals surface area (Å²) in [6, 6.07) is 5.80. The fourth-order valence-corrected chi connectivity index (χ4v) is 2.96. The predicted molar refractivity (Wildman–Crippen MR) is 88.1 cm³/mol. The second kappa shape index (κ2) is 6.62. The lowest BCUT2D eigenvalue weighted by Crippen LogP contribution is -2.34. The molecule has 0 unspecified atom stereocenters. The first kappa shape index (κ1) is 16.0. The van der Waals surface area contributed by atoms with Gasteiger partial charge in [0.1, 0.15) is 11.4 Å². The van der Waals surface area contributed by atoms with Crippen LogP contribution in [0.25, 0.3) is 10.6 Å². The van der Waals surface area contributed by atoms with Crippen LogP contribution in [0.15, 0.2) is 18.2 Å². The van der Waals surface area contributed by atoms with E-state index in [2.05, 4.69) is 12.0 Å². The highest BCUT2D eigenvalue weighted by atomic mass is 35.5. The lowest BCUT2D eigenvalue weighted by atomic mass is 10.2. The monoisotopic (exact) mass is 325 g/mol. The minimum Gasteiger partial charge on any atom is -0.338 e. The molecule has 0 atom stereocenters. The summed E-state index contributed by atoms with van der Waals surface area (Å²) >= 11 is 7.45. The average Bonchev–Trinajstić information content (AvgIpc) is 3.04. The number of aryl methyl sites for hydroxylation is 1. The van der Waals surface area contributed by atoms with Crippen LogP contribution in [0.5, 0.6) is 0 Å². The molecule has 0 aliphatic carbocycles. The second-order valence-electron chi connectivity index (χ2n) is 5.25. The highest BCUT2D eigenvalue weighted by Crippen LogP contribution is 2.30. The van der Waals surface area contributed by atoms with E-state index in [9.17, 15) is 4.79 Å². The summed E-state index contributed by atoms with van der Waals surface area (Å²) in [6.45, 7) is 6.80. The normalized spacial score (nSPS) is 11.1. The van der Waals surface area contributed by atoms with Crippen molar-refractivity contribution in [2.45, 2.75) is 39.8 Å². The number of hydrogen-bond donors (Lipinski definition) is 0. The van der Waals surface area contributed by atoms with Crippen molar-refractivity contribution in [2.24, 2.45) is 0 Å². The van der Waals surface area contributed by atoms with Crippen LogP contribution in [0.2, 0.25) is 4.34 Å². The van der Waals surface area contributed by atoms with Gasteiger partial charge in [0.15, 0.2) is 0 Å². The van der Waals surface area contributed by atoms with Crippen molar-refractivity contribution < 1.29 is 4.79 Å². The Labute approximate surface area is 134 Å². The molecule has 6 heteroatoms. The van der Waals surface area contributed by atoms with Crippen LogP contribution in [0, 0.1) is 0 Å². The van der Waals surface area contributed by atoms with Gasteiger partial charge in [0, 0.05) is 19.6 Å². The largest absolute Gasteiger partial charge is 0.338 e. The molecule has 2 heterocycles. The van der Waals surface area contributed by atoms with Crippen LogP contribution in [-0.2, 0) is 6.54 Å². The van der Waals surface area contributed by atoms with Crippen LogP contribution in [0.4, 0.5) is 0 Å². The Kier molecular flexibility index (Phi) is 5.06. The third kappa shape index (κ3) is 3.47. The van der Waals surface area contributed by atoms with Gasteiger partial charge >= 0.3 is 0 Å². The predicted octanol–water partition coefficient (Wildman–Crippen LogP) is 4.16. The number of carbonyl (C=O) groups is 1. The highest BCUT2D eigenvalue weighted by Gasteiger charge is 2.21. The molecule has 0 aliphatic rings. The van der Waals surface area contributed by atoms with Gasteiger partial charge in [-0.15, -0.1) is 11.3 Å². The van der Waals surface area contributed by atoms with E-state index in [-0.39, 0.29) is 11.9 Å². The van der Waals surface area contributed by atoms with E-state index in [4.69, 9.17) is 11.6 Å². The SMILES string of the molecule is CCCn1nc(-c2ccc(Cl)s2)cc1C(=O)N(C)C(C)C. The Balaban J connectivity index is 2.40. The second-order valence-corrected chi connectivity index (χ2v) is 6.97. The first-order chi connectivity index (χ1) is 9.93. The van der Waals surface area contributed by atoms with E-state index >= 15 is 0 Å². The van der Waals surface area contributed by atoms with Gasteiger partial charge < -0.3 is 4.90 Å². The number of nitrogens with zero attached hydrogens (tertiary/aromatic N) is 3. The van der Waals surface area contributed by atoms with Crippen molar-refractivity contribution in [3.8, 4) is 10.6 Å². The van der Waals surface area contributed by atoms with Crippen molar-refractivity contribution >= 4 is 28.8 Å². The van der Waals surface area contributed by atoms with Crippen LogP contribution >= 0.6 is 22.9 Å². The first-order valence-electron chi connectivity index (χ1n) is 7.04. The lowest BCUT2D eigenvalue weighted by molar-refractivity contribution is 0.0742. The van der Waals surface area contributed by atoms with Gasteiger partial charge in [0.25, 0.3) is 5.91 Å². The quantitative estimate of drug-likeness (QED) is 0.828. The van der Waals surface area contributed by atoms with E-state index in [1.54, 1.807) is 9.58 Å². The van der Waals surface area contributed by atoms with Crippen LogP contribution in [0.1, 0.15) is 37.7 Å². The molecule has 0 radical (unpaired) electrons. The van der Waals surface area contributed by atoms with Crippen molar-refractivity contribution in [3.63, 3.8) is 0 Å². The Bertz CT molecular complexity index is 633. The van der Waals surface area contributed by atoms with Gasteiger partial charge in [-0.05, 0) is 38.5 Å². The summed E-state index contributed by atoms with van der Waals surface area (Å²) in [5.74, 6) is -0.000136. The summed E-state index contributed by atoms with van der Waals surface area (Å²) in [7, 11) is 1.82. The number of thiophene rings is 1. The molecule has 2 aromatic rings. The van der Waals surface area contributed by atoms with E-state index < -0.39 is 0 Å². The number of amides is 1. The minimum atomic E-state index is -0.000136. The summed E-state index contributed by atoms with van der Waals surface area (Å²) in [5, 5.41) is 4.57. The minimum absolute atomic E-state index is 0.000136. The van der Waals surface area contributed by atoms with Crippen LogP contribution < -0.4 is 0 Å². The molecule has 4 nitrogen and oxygen atoms in total. The number of hydrogen-bond acceptors (Lipinski definition) is 3. The van der Waals surface area contributed by atoms with E-state index in [1.165, 1.54) is 11.3 Å². The number of carbonyl (C=O) groups excluding carboxylic acids is 1. The fourth-order valence-electron chi connectivity index (χ4n) is 1.96. The van der Waals surface area contributed by atoms with Crippen molar-refractivity contribution in [1.82, 2.24) is 14.7 Å². The Hall–Kier alpha value is -1.33. The molecule has 0 fully saturated rings. The van der Waals surface area contributed by atoms with Crippen LogP contribution in [-0.4, -0.2) is 33.7 Å². The first-order valence-corrected chi connectivity index (χ1v) is 8.24. The zero-order chi connectivity index (χ0) is 15.6. The maximum Gasteiger partial charge on any atom is 0.272 e. The smallest absolute Gasteiger partial charge is 0.272 e. The molecule has 0 bridgehead atoms. The van der Waals surface area contributed by atoms with Gasteiger partial charge in [-0.1, -0.05) is 18.5 Å². The van der Waals surface area contributed by atoms with Crippen molar-refractivity contribution in [2.75, 3.05) is 7.05 Å². The molecule has 0 spiro atoms. The number of rotatable bonds is 5. The fraction of sp³-hybridized carbons (Fsp3) is 0.467. The van der Waals surface area contributed by atoms with Gasteiger partial charge in [-0.2, -0.15) is 5.10 Å². The molecule has 21 heavy (non-hydrogen) atoms. The molecular formula is C15H20ClN3OS. The molecule has 0 aliphatic heterocycles. The van der Waals surface area contributed by atoms with Gasteiger partial charge in [-0.25, -0.2) is 0 Å². The molecule has 1 amide bonds. The molecule has 0 aromatic carbocycles. The Morgan fingerprint density at radius 1 is 1.48 bits per heavy atom. The Morgan fingerprint density at radius 2 is 2.19 bits per heavy atom. The van der Waals surface area contributed by atoms with Crippen LogP contribution in [0.3, 0.4) is 0 Å². The standard InChI is InChI=1S/C15H20ClN3OS/c1-5-8-19-12(15(20)18(4)10(2)3)9-11(17-19)13-6-7-14(16)21-13/h6-7,9-10H,5,8H2,1-4H3. The Morgan fingerprint density at radius 3 is 2.71 bits per heavy atom. The molecule has 114 valence electrons. The zero-order valence-electron chi connectivity index (χ0n) is 12.8. The topological polar surface area (TPSA) is 38.1 Å². The molecule has 2 aromatic heterocycles. The summed E-state index contributed by atoms with van der Waals surface area (Å²) in [4.78, 5) is 15.3. The molecular weight excluding hydrogens is 306 g/mol. The van der Waals surface area contributed by atoms with E-state index in [1.807, 2.05) is 39.1 Å². The van der Waals surface area contributed by atoms with Gasteiger partial charge in [-0.3, -0.25) is 9.48 Å². The van der Waals surface area contributed by atoms with E-state index in [0.29, 0.717) is 5.69 Å². The maximum atomic E-state index is 12.6. The lowest BCUT2D eigenvalue weighted by Gasteiger charge is -2.21. The molecule has 0 saturated heterocycles. The highest BCUT2D eigenvalue weighted by molar-refractivity contribution is 7.19. The molecule has 2 rings (SSSR count). The summed E-state index contributed by atoms with van der Waals surface area (Å²) in [5.41, 5.74) is 1.44. The molecule has 0 saturated carbocycles. The third-order valence-corrected chi connectivity index (χ3v) is 4.61. The maximum absolute atomic E-state index is 12.6. The molecule has 0 N–H and O–H groups in total. The zero-order valence-corrected chi connectivity index (χ0v) is 14.3. The van der Waals surface area contributed by atoms with Crippen molar-refractivity contribution in [1.29, 1.82) is 0 Å². The summed E-state index contributed by atoms with van der Waals surface area (Å²) < 4.78 is 2.52. The average molecular weight is 326 g/mol.